The summed E-state index contributed by atoms with van der Waals surface area (Å²) in [4.78, 5) is 0. The van der Waals surface area contributed by atoms with Crippen molar-refractivity contribution in [3.05, 3.63) is 0 Å². The molecule has 14 heavy (non-hydrogen) atoms. The van der Waals surface area contributed by atoms with Gasteiger partial charge in [0.25, 0.3) is 0 Å². The zero-order chi connectivity index (χ0) is 10.2. The summed E-state index contributed by atoms with van der Waals surface area (Å²) in [6.45, 7) is 9.85. The number of hydrogen-bond acceptors (Lipinski definition) is 1. The van der Waals surface area contributed by atoms with E-state index in [0.29, 0.717) is 5.41 Å². The van der Waals surface area contributed by atoms with Crippen molar-refractivity contribution in [2.75, 3.05) is 13.1 Å². The Morgan fingerprint density at radius 2 is 1.86 bits per heavy atom. The Kier molecular flexibility index (Phi) is 2.88. The summed E-state index contributed by atoms with van der Waals surface area (Å²) in [7, 11) is 0. The van der Waals surface area contributed by atoms with Gasteiger partial charge in [-0.05, 0) is 61.9 Å². The minimum Gasteiger partial charge on any atom is -0.316 e. The molecule has 2 aliphatic rings. The molecule has 1 saturated carbocycles. The van der Waals surface area contributed by atoms with E-state index in [1.807, 2.05) is 0 Å². The summed E-state index contributed by atoms with van der Waals surface area (Å²) in [5.41, 5.74) is 0.706. The third-order valence-electron chi connectivity index (χ3n) is 5.09. The highest BCUT2D eigenvalue weighted by Crippen LogP contribution is 2.49. The van der Waals surface area contributed by atoms with Gasteiger partial charge in [0.05, 0.1) is 0 Å². The third-order valence-corrected chi connectivity index (χ3v) is 5.09. The fourth-order valence-corrected chi connectivity index (χ4v) is 3.54. The quantitative estimate of drug-likeness (QED) is 0.626. The summed E-state index contributed by atoms with van der Waals surface area (Å²) < 4.78 is 0. The molecule has 2 rings (SSSR count). The van der Waals surface area contributed by atoms with Gasteiger partial charge in [0.15, 0.2) is 0 Å². The van der Waals surface area contributed by atoms with Gasteiger partial charge >= 0.3 is 0 Å². The summed E-state index contributed by atoms with van der Waals surface area (Å²) in [5, 5.41) is 3.53. The van der Waals surface area contributed by atoms with E-state index in [1.165, 1.54) is 38.8 Å². The molecule has 2 fully saturated rings. The van der Waals surface area contributed by atoms with Crippen LogP contribution in [0.3, 0.4) is 0 Å². The van der Waals surface area contributed by atoms with Crippen molar-refractivity contribution in [3.63, 3.8) is 0 Å². The van der Waals surface area contributed by atoms with Crippen LogP contribution in [0.1, 0.15) is 46.5 Å². The van der Waals surface area contributed by atoms with E-state index in [-0.39, 0.29) is 0 Å². The van der Waals surface area contributed by atoms with Gasteiger partial charge in [-0.2, -0.15) is 0 Å². The molecule has 0 radical (unpaired) electrons. The Morgan fingerprint density at radius 3 is 2.50 bits per heavy atom. The van der Waals surface area contributed by atoms with E-state index in [9.17, 15) is 0 Å². The standard InChI is InChI=1S/C13H25N/c1-10-4-5-13(8-11(10)2)6-7-14-9-12(13)3/h10-12,14H,4-9H2,1-3H3. The van der Waals surface area contributed by atoms with Gasteiger partial charge in [0, 0.05) is 0 Å². The molecule has 4 unspecified atom stereocenters. The van der Waals surface area contributed by atoms with E-state index < -0.39 is 0 Å². The van der Waals surface area contributed by atoms with Crippen molar-refractivity contribution < 1.29 is 0 Å². The maximum atomic E-state index is 3.53. The Bertz CT molecular complexity index is 201. The van der Waals surface area contributed by atoms with Crippen molar-refractivity contribution in [3.8, 4) is 0 Å². The largest absolute Gasteiger partial charge is 0.316 e. The Labute approximate surface area is 88.7 Å². The van der Waals surface area contributed by atoms with Crippen LogP contribution in [-0.2, 0) is 0 Å². The van der Waals surface area contributed by atoms with Gasteiger partial charge in [0.1, 0.15) is 0 Å². The second kappa shape index (κ2) is 3.84. The number of nitrogens with one attached hydrogen (secondary N) is 1. The fraction of sp³-hybridized carbons (Fsp3) is 1.00. The van der Waals surface area contributed by atoms with E-state index in [4.69, 9.17) is 0 Å². The maximum absolute atomic E-state index is 3.53. The molecule has 0 amide bonds. The van der Waals surface area contributed by atoms with Gasteiger partial charge < -0.3 is 5.32 Å². The molecule has 0 bridgehead atoms. The summed E-state index contributed by atoms with van der Waals surface area (Å²) >= 11 is 0. The smallest absolute Gasteiger partial charge is 0.00178 e. The van der Waals surface area contributed by atoms with Crippen LogP contribution in [0.5, 0.6) is 0 Å². The normalized spacial score (nSPS) is 49.5. The summed E-state index contributed by atoms with van der Waals surface area (Å²) in [5.74, 6) is 2.80. The molecule has 0 aromatic rings. The molecule has 1 heteroatoms. The molecule has 82 valence electrons. The second-order valence-corrected chi connectivity index (χ2v) is 5.91. The third kappa shape index (κ3) is 1.71. The first-order valence-electron chi connectivity index (χ1n) is 6.35. The van der Waals surface area contributed by atoms with Crippen LogP contribution in [0.15, 0.2) is 0 Å². The van der Waals surface area contributed by atoms with Crippen LogP contribution in [-0.4, -0.2) is 13.1 Å². The zero-order valence-corrected chi connectivity index (χ0v) is 9.97. The van der Waals surface area contributed by atoms with Gasteiger partial charge in [-0.25, -0.2) is 0 Å². The molecule has 1 heterocycles. The van der Waals surface area contributed by atoms with Crippen LogP contribution < -0.4 is 5.32 Å². The molecule has 0 aromatic carbocycles. The minimum atomic E-state index is 0.706. The first-order chi connectivity index (χ1) is 6.64. The minimum absolute atomic E-state index is 0.706. The van der Waals surface area contributed by atoms with E-state index in [0.717, 1.165) is 17.8 Å². The molecule has 1 aliphatic heterocycles. The van der Waals surface area contributed by atoms with Crippen molar-refractivity contribution in [1.82, 2.24) is 5.32 Å². The lowest BCUT2D eigenvalue weighted by Crippen LogP contribution is -2.47. The van der Waals surface area contributed by atoms with Crippen LogP contribution in [0, 0.1) is 23.2 Å². The predicted molar refractivity (Wildman–Crippen MR) is 61.3 cm³/mol. The fourth-order valence-electron chi connectivity index (χ4n) is 3.54. The van der Waals surface area contributed by atoms with E-state index in [1.54, 1.807) is 0 Å². The van der Waals surface area contributed by atoms with Gasteiger partial charge in [-0.15, -0.1) is 0 Å². The van der Waals surface area contributed by atoms with Crippen LogP contribution >= 0.6 is 0 Å². The number of hydrogen-bond donors (Lipinski definition) is 1. The topological polar surface area (TPSA) is 12.0 Å². The summed E-state index contributed by atoms with van der Waals surface area (Å²) in [6, 6.07) is 0. The molecule has 1 aliphatic carbocycles. The Balaban J connectivity index is 2.07. The molecule has 1 N–H and O–H groups in total. The average molecular weight is 195 g/mol. The maximum Gasteiger partial charge on any atom is -0.00178 e. The highest BCUT2D eigenvalue weighted by atomic mass is 14.9. The van der Waals surface area contributed by atoms with E-state index in [2.05, 4.69) is 26.1 Å². The lowest BCUT2D eigenvalue weighted by atomic mass is 9.58. The number of rotatable bonds is 0. The first-order valence-corrected chi connectivity index (χ1v) is 6.35. The Morgan fingerprint density at radius 1 is 1.07 bits per heavy atom. The molecular formula is C13H25N. The number of piperidine rings is 1. The zero-order valence-electron chi connectivity index (χ0n) is 9.97. The van der Waals surface area contributed by atoms with E-state index >= 15 is 0 Å². The highest BCUT2D eigenvalue weighted by molar-refractivity contribution is 4.94. The second-order valence-electron chi connectivity index (χ2n) is 5.91. The monoisotopic (exact) mass is 195 g/mol. The van der Waals surface area contributed by atoms with Crippen LogP contribution in [0.25, 0.3) is 0 Å². The first kappa shape index (κ1) is 10.5. The SMILES string of the molecule is CC1CCC2(CCNCC2C)CC1C. The molecule has 4 atom stereocenters. The molecule has 1 nitrogen and oxygen atoms in total. The van der Waals surface area contributed by atoms with Gasteiger partial charge in [-0.1, -0.05) is 20.8 Å². The van der Waals surface area contributed by atoms with Crippen molar-refractivity contribution in [1.29, 1.82) is 0 Å². The average Bonchev–Trinajstić information content (AvgIpc) is 2.17. The predicted octanol–water partition coefficient (Wildman–Crippen LogP) is 3.06. The summed E-state index contributed by atoms with van der Waals surface area (Å²) in [6.07, 6.45) is 5.86. The van der Waals surface area contributed by atoms with Crippen molar-refractivity contribution in [2.24, 2.45) is 23.2 Å². The highest BCUT2D eigenvalue weighted by Gasteiger charge is 2.42. The lowest BCUT2D eigenvalue weighted by Gasteiger charge is -2.49. The van der Waals surface area contributed by atoms with Crippen LogP contribution in [0.4, 0.5) is 0 Å². The van der Waals surface area contributed by atoms with Crippen LogP contribution in [0.2, 0.25) is 0 Å². The molecule has 0 aromatic heterocycles. The van der Waals surface area contributed by atoms with Crippen molar-refractivity contribution in [2.45, 2.75) is 46.5 Å². The Hall–Kier alpha value is -0.0400. The van der Waals surface area contributed by atoms with Gasteiger partial charge in [0.2, 0.25) is 0 Å². The molecule has 1 spiro atoms. The molecule has 1 saturated heterocycles. The van der Waals surface area contributed by atoms with Gasteiger partial charge in [-0.3, -0.25) is 0 Å². The lowest BCUT2D eigenvalue weighted by molar-refractivity contribution is 0.0237. The van der Waals surface area contributed by atoms with Crippen molar-refractivity contribution >= 4 is 0 Å². The molecular weight excluding hydrogens is 170 g/mol.